The predicted molar refractivity (Wildman–Crippen MR) is 63.0 cm³/mol. The first-order valence-electron chi connectivity index (χ1n) is 4.25. The molecule has 0 bridgehead atoms. The van der Waals surface area contributed by atoms with Crippen molar-refractivity contribution in [2.75, 3.05) is 4.72 Å². The van der Waals surface area contributed by atoms with E-state index in [9.17, 15) is 12.8 Å². The van der Waals surface area contributed by atoms with Crippen molar-refractivity contribution in [1.82, 2.24) is 4.98 Å². The molecule has 88 valence electrons. The Balaban J connectivity index is 2.98. The third kappa shape index (κ3) is 2.86. The fraction of sp³-hybridized carbons (Fsp3) is 0.250. The molecular weight excluding hydrogens is 253 g/mol. The van der Waals surface area contributed by atoms with Crippen LogP contribution in [0.2, 0.25) is 0 Å². The lowest BCUT2D eigenvalue weighted by atomic mass is 10.4. The highest BCUT2D eigenvalue weighted by molar-refractivity contribution is 7.95. The fourth-order valence-corrected chi connectivity index (χ4v) is 2.19. The first-order valence-corrected chi connectivity index (χ1v) is 6.20. The lowest BCUT2D eigenvalue weighted by Gasteiger charge is -2.13. The van der Waals surface area contributed by atoms with E-state index in [0.29, 0.717) is 0 Å². The van der Waals surface area contributed by atoms with Gasteiger partial charge in [-0.05, 0) is 13.0 Å². The molecule has 1 unspecified atom stereocenters. The molecule has 1 aromatic heterocycles. The van der Waals surface area contributed by atoms with Crippen LogP contribution < -0.4 is 10.5 Å². The SMILES string of the molecule is CC(C(N)=S)S(=O)(=O)Nc1ccncc1F. The minimum absolute atomic E-state index is 0.179. The molecule has 0 radical (unpaired) electrons. The van der Waals surface area contributed by atoms with E-state index in [2.05, 4.69) is 21.9 Å². The van der Waals surface area contributed by atoms with Crippen LogP contribution in [0.1, 0.15) is 6.92 Å². The van der Waals surface area contributed by atoms with Crippen molar-refractivity contribution in [3.05, 3.63) is 24.3 Å². The number of nitrogens with zero attached hydrogens (tertiary/aromatic N) is 1. The Labute approximate surface area is 97.9 Å². The Bertz CT molecular complexity index is 504. The fourth-order valence-electron chi connectivity index (χ4n) is 0.853. The van der Waals surface area contributed by atoms with Crippen LogP contribution in [0, 0.1) is 5.82 Å². The average molecular weight is 263 g/mol. The molecule has 0 aliphatic carbocycles. The smallest absolute Gasteiger partial charge is 0.241 e. The lowest BCUT2D eigenvalue weighted by Crippen LogP contribution is -2.35. The van der Waals surface area contributed by atoms with Crippen LogP contribution in [-0.2, 0) is 10.0 Å². The first-order chi connectivity index (χ1) is 7.34. The van der Waals surface area contributed by atoms with Crippen LogP contribution in [0.3, 0.4) is 0 Å². The summed E-state index contributed by atoms with van der Waals surface area (Å²) >= 11 is 4.57. The minimum atomic E-state index is -3.82. The Hall–Kier alpha value is -1.28. The predicted octanol–water partition coefficient (Wildman–Crippen LogP) is 0.637. The zero-order valence-corrected chi connectivity index (χ0v) is 9.98. The summed E-state index contributed by atoms with van der Waals surface area (Å²) in [5.41, 5.74) is 5.04. The standard InChI is InChI=1S/C8H10FN3O2S2/c1-5(8(10)15)16(13,14)12-7-2-3-11-4-6(7)9/h2-5H,1H3,(H2,10,15)(H,11,12). The van der Waals surface area contributed by atoms with Crippen molar-refractivity contribution in [2.24, 2.45) is 5.73 Å². The van der Waals surface area contributed by atoms with Gasteiger partial charge in [-0.1, -0.05) is 12.2 Å². The zero-order valence-electron chi connectivity index (χ0n) is 8.34. The number of nitrogens with one attached hydrogen (secondary N) is 1. The Kier molecular flexibility index (Phi) is 3.76. The molecule has 1 atom stereocenters. The Morgan fingerprint density at radius 2 is 2.31 bits per heavy atom. The maximum Gasteiger partial charge on any atom is 0.241 e. The number of anilines is 1. The number of rotatable bonds is 4. The lowest BCUT2D eigenvalue weighted by molar-refractivity contribution is 0.595. The number of sulfonamides is 1. The summed E-state index contributed by atoms with van der Waals surface area (Å²) in [5, 5.41) is -1.07. The van der Waals surface area contributed by atoms with Gasteiger partial charge in [-0.15, -0.1) is 0 Å². The van der Waals surface area contributed by atoms with E-state index in [-0.39, 0.29) is 10.7 Å². The number of halogens is 1. The summed E-state index contributed by atoms with van der Waals surface area (Å²) in [7, 11) is -3.82. The number of nitrogens with two attached hydrogens (primary N) is 1. The van der Waals surface area contributed by atoms with Gasteiger partial charge in [0.1, 0.15) is 5.25 Å². The normalized spacial score (nSPS) is 13.1. The third-order valence-corrected chi connectivity index (χ3v) is 4.08. The van der Waals surface area contributed by atoms with E-state index in [1.165, 1.54) is 19.2 Å². The van der Waals surface area contributed by atoms with Crippen molar-refractivity contribution in [2.45, 2.75) is 12.2 Å². The molecule has 1 heterocycles. The Morgan fingerprint density at radius 3 is 2.81 bits per heavy atom. The summed E-state index contributed by atoms with van der Waals surface area (Å²) in [6, 6.07) is 1.21. The maximum absolute atomic E-state index is 13.1. The number of aromatic nitrogens is 1. The summed E-state index contributed by atoms with van der Waals surface area (Å²) in [6.45, 7) is 1.32. The highest BCUT2D eigenvalue weighted by Gasteiger charge is 2.24. The van der Waals surface area contributed by atoms with Gasteiger partial charge in [-0.2, -0.15) is 0 Å². The van der Waals surface area contributed by atoms with E-state index < -0.39 is 21.1 Å². The number of thiocarbonyl (C=S) groups is 1. The largest absolute Gasteiger partial charge is 0.392 e. The van der Waals surface area contributed by atoms with Gasteiger partial charge in [0.25, 0.3) is 0 Å². The van der Waals surface area contributed by atoms with Gasteiger partial charge in [0.15, 0.2) is 5.82 Å². The van der Waals surface area contributed by atoms with Crippen molar-refractivity contribution < 1.29 is 12.8 Å². The highest BCUT2D eigenvalue weighted by atomic mass is 32.2. The second kappa shape index (κ2) is 4.71. The molecule has 0 amide bonds. The van der Waals surface area contributed by atoms with Crippen molar-refractivity contribution in [3.63, 3.8) is 0 Å². The molecule has 0 aromatic carbocycles. The zero-order chi connectivity index (χ0) is 12.3. The van der Waals surface area contributed by atoms with E-state index in [0.717, 1.165) is 6.20 Å². The quantitative estimate of drug-likeness (QED) is 0.779. The average Bonchev–Trinajstić information content (AvgIpc) is 2.20. The van der Waals surface area contributed by atoms with Gasteiger partial charge < -0.3 is 5.73 Å². The van der Waals surface area contributed by atoms with E-state index >= 15 is 0 Å². The van der Waals surface area contributed by atoms with Gasteiger partial charge in [0, 0.05) is 6.20 Å². The minimum Gasteiger partial charge on any atom is -0.392 e. The number of hydrogen-bond acceptors (Lipinski definition) is 4. The van der Waals surface area contributed by atoms with Gasteiger partial charge >= 0.3 is 0 Å². The van der Waals surface area contributed by atoms with Crippen molar-refractivity contribution in [3.8, 4) is 0 Å². The van der Waals surface area contributed by atoms with Crippen LogP contribution in [-0.4, -0.2) is 23.6 Å². The van der Waals surface area contributed by atoms with Crippen LogP contribution in [0.5, 0.6) is 0 Å². The molecule has 3 N–H and O–H groups in total. The summed E-state index contributed by atoms with van der Waals surface area (Å²) in [4.78, 5) is 3.32. The summed E-state index contributed by atoms with van der Waals surface area (Å²) in [5.74, 6) is -0.763. The van der Waals surface area contributed by atoms with Gasteiger partial charge in [0.05, 0.1) is 16.9 Å². The second-order valence-electron chi connectivity index (χ2n) is 3.05. The molecular formula is C8H10FN3O2S2. The molecule has 0 aliphatic heterocycles. The van der Waals surface area contributed by atoms with Gasteiger partial charge in [-0.25, -0.2) is 12.8 Å². The summed E-state index contributed by atoms with van der Waals surface area (Å²) in [6.07, 6.45) is 2.18. The van der Waals surface area contributed by atoms with Crippen molar-refractivity contribution in [1.29, 1.82) is 0 Å². The molecule has 16 heavy (non-hydrogen) atoms. The van der Waals surface area contributed by atoms with Gasteiger partial charge in [-0.3, -0.25) is 9.71 Å². The second-order valence-corrected chi connectivity index (χ2v) is 5.52. The molecule has 0 spiro atoms. The molecule has 0 fully saturated rings. The number of pyridine rings is 1. The molecule has 5 nitrogen and oxygen atoms in total. The molecule has 0 saturated carbocycles. The van der Waals surface area contributed by atoms with E-state index in [4.69, 9.17) is 5.73 Å². The number of hydrogen-bond donors (Lipinski definition) is 2. The molecule has 1 aromatic rings. The van der Waals surface area contributed by atoms with E-state index in [1.807, 2.05) is 0 Å². The maximum atomic E-state index is 13.1. The van der Waals surface area contributed by atoms with Crippen LogP contribution in [0.25, 0.3) is 0 Å². The van der Waals surface area contributed by atoms with Crippen LogP contribution in [0.15, 0.2) is 18.5 Å². The summed E-state index contributed by atoms with van der Waals surface area (Å²) < 4.78 is 38.4. The van der Waals surface area contributed by atoms with Crippen LogP contribution >= 0.6 is 12.2 Å². The highest BCUT2D eigenvalue weighted by Crippen LogP contribution is 2.15. The van der Waals surface area contributed by atoms with Crippen molar-refractivity contribution >= 4 is 32.9 Å². The van der Waals surface area contributed by atoms with E-state index in [1.54, 1.807) is 0 Å². The molecule has 8 heteroatoms. The molecule has 1 rings (SSSR count). The monoisotopic (exact) mass is 263 g/mol. The Morgan fingerprint density at radius 1 is 1.69 bits per heavy atom. The van der Waals surface area contributed by atoms with Crippen LogP contribution in [0.4, 0.5) is 10.1 Å². The first kappa shape index (κ1) is 12.8. The molecule has 0 saturated heterocycles. The van der Waals surface area contributed by atoms with Gasteiger partial charge in [0.2, 0.25) is 10.0 Å². The molecule has 0 aliphatic rings. The topological polar surface area (TPSA) is 85.1 Å². The third-order valence-electron chi connectivity index (χ3n) is 1.89.